The summed E-state index contributed by atoms with van der Waals surface area (Å²) in [6, 6.07) is 6.55. The van der Waals surface area contributed by atoms with E-state index in [1.54, 1.807) is 18.7 Å². The molecular formula is C15H22OS. The summed E-state index contributed by atoms with van der Waals surface area (Å²) in [5.41, 5.74) is 2.72. The fourth-order valence-electron chi connectivity index (χ4n) is 1.47. The molecule has 1 rings (SSSR count). The van der Waals surface area contributed by atoms with E-state index in [1.807, 2.05) is 6.92 Å². The zero-order valence-electron chi connectivity index (χ0n) is 11.6. The first-order valence-electron chi connectivity index (χ1n) is 6.00. The second kappa shape index (κ2) is 5.26. The number of carbonyl (C=O) groups excluding carboxylic acids is 1. The van der Waals surface area contributed by atoms with Crippen molar-refractivity contribution in [1.82, 2.24) is 0 Å². The van der Waals surface area contributed by atoms with Crippen molar-refractivity contribution in [3.63, 3.8) is 0 Å². The lowest BCUT2D eigenvalue weighted by Gasteiger charge is -2.21. The third kappa shape index (κ3) is 3.88. The van der Waals surface area contributed by atoms with Crippen LogP contribution in [0.15, 0.2) is 23.1 Å². The van der Waals surface area contributed by atoms with Crippen LogP contribution in [-0.4, -0.2) is 11.0 Å². The molecule has 0 bridgehead atoms. The van der Waals surface area contributed by atoms with Gasteiger partial charge in [0, 0.05) is 4.90 Å². The Balaban J connectivity index is 3.03. The number of hydrogen-bond acceptors (Lipinski definition) is 2. The van der Waals surface area contributed by atoms with Gasteiger partial charge >= 0.3 is 0 Å². The van der Waals surface area contributed by atoms with E-state index >= 15 is 0 Å². The number of ketones is 1. The van der Waals surface area contributed by atoms with Crippen LogP contribution in [0.25, 0.3) is 0 Å². The predicted molar refractivity (Wildman–Crippen MR) is 75.9 cm³/mol. The number of carbonyl (C=O) groups is 1. The number of rotatable bonds is 3. The minimum absolute atomic E-state index is 0.0314. The number of aryl methyl sites for hydroxylation is 1. The first-order valence-corrected chi connectivity index (χ1v) is 6.88. The van der Waals surface area contributed by atoms with Crippen LogP contribution >= 0.6 is 11.8 Å². The quantitative estimate of drug-likeness (QED) is 0.741. The van der Waals surface area contributed by atoms with Crippen molar-refractivity contribution in [3.8, 4) is 0 Å². The second-order valence-corrected chi connectivity index (χ2v) is 6.98. The van der Waals surface area contributed by atoms with E-state index in [1.165, 1.54) is 16.0 Å². The Morgan fingerprint density at radius 3 is 2.35 bits per heavy atom. The van der Waals surface area contributed by atoms with Crippen molar-refractivity contribution in [2.24, 2.45) is 0 Å². The molecule has 0 aromatic heterocycles. The molecule has 0 spiro atoms. The minimum atomic E-state index is 0.0314. The van der Waals surface area contributed by atoms with Crippen LogP contribution < -0.4 is 0 Å². The Labute approximate surface area is 109 Å². The Morgan fingerprint density at radius 2 is 1.88 bits per heavy atom. The summed E-state index contributed by atoms with van der Waals surface area (Å²) in [4.78, 5) is 12.5. The Kier molecular flexibility index (Phi) is 4.42. The van der Waals surface area contributed by atoms with Gasteiger partial charge in [-0.2, -0.15) is 0 Å². The lowest BCUT2D eigenvalue weighted by Crippen LogP contribution is -2.12. The summed E-state index contributed by atoms with van der Waals surface area (Å²) in [6.45, 7) is 12.3. The molecule has 1 aromatic carbocycles. The van der Waals surface area contributed by atoms with Crippen LogP contribution in [0.5, 0.6) is 0 Å². The molecule has 1 aromatic rings. The molecule has 0 unspecified atom stereocenters. The number of Topliss-reactive ketones (excluding diaryl/α,β-unsaturated/α-hetero) is 1. The van der Waals surface area contributed by atoms with Crippen molar-refractivity contribution in [2.75, 3.05) is 0 Å². The van der Waals surface area contributed by atoms with Crippen molar-refractivity contribution in [2.45, 2.75) is 57.1 Å². The third-order valence-electron chi connectivity index (χ3n) is 2.93. The first-order chi connectivity index (χ1) is 7.71. The highest BCUT2D eigenvalue weighted by Gasteiger charge is 2.16. The van der Waals surface area contributed by atoms with E-state index in [-0.39, 0.29) is 16.4 Å². The summed E-state index contributed by atoms with van der Waals surface area (Å²) in [7, 11) is 0. The molecule has 1 nitrogen and oxygen atoms in total. The summed E-state index contributed by atoms with van der Waals surface area (Å²) in [5.74, 6) is 0.232. The van der Waals surface area contributed by atoms with Crippen LogP contribution in [0.4, 0.5) is 0 Å². The zero-order valence-corrected chi connectivity index (χ0v) is 12.4. The van der Waals surface area contributed by atoms with Crippen molar-refractivity contribution in [3.05, 3.63) is 29.3 Å². The highest BCUT2D eigenvalue weighted by atomic mass is 32.2. The van der Waals surface area contributed by atoms with Gasteiger partial charge in [-0.15, -0.1) is 11.8 Å². The van der Waals surface area contributed by atoms with E-state index in [2.05, 4.69) is 45.9 Å². The summed E-state index contributed by atoms with van der Waals surface area (Å²) in [6.07, 6.45) is 0. The maximum atomic E-state index is 11.3. The maximum absolute atomic E-state index is 11.3. The summed E-state index contributed by atoms with van der Waals surface area (Å²) >= 11 is 1.66. The van der Waals surface area contributed by atoms with Crippen LogP contribution in [0.3, 0.4) is 0 Å². The SMILES string of the molecule is CC(=O)[C@@H](C)Sc1cc(C(C)(C)C)ccc1C. The van der Waals surface area contributed by atoms with Gasteiger partial charge in [-0.05, 0) is 43.4 Å². The molecule has 0 amide bonds. The molecule has 0 aliphatic heterocycles. The smallest absolute Gasteiger partial charge is 0.142 e. The molecule has 94 valence electrons. The van der Waals surface area contributed by atoms with Crippen LogP contribution in [0.1, 0.15) is 45.7 Å². The van der Waals surface area contributed by atoms with Gasteiger partial charge in [0.1, 0.15) is 5.78 Å². The second-order valence-electron chi connectivity index (χ2n) is 5.60. The largest absolute Gasteiger partial charge is 0.299 e. The van der Waals surface area contributed by atoms with Crippen molar-refractivity contribution < 1.29 is 4.79 Å². The highest BCUT2D eigenvalue weighted by molar-refractivity contribution is 8.00. The lowest BCUT2D eigenvalue weighted by molar-refractivity contribution is -0.116. The zero-order chi connectivity index (χ0) is 13.2. The fourth-order valence-corrected chi connectivity index (χ4v) is 2.46. The summed E-state index contributed by atoms with van der Waals surface area (Å²) < 4.78 is 0. The minimum Gasteiger partial charge on any atom is -0.299 e. The van der Waals surface area contributed by atoms with Gasteiger partial charge in [0.25, 0.3) is 0 Å². The molecular weight excluding hydrogens is 228 g/mol. The van der Waals surface area contributed by atoms with Gasteiger partial charge in [0.15, 0.2) is 0 Å². The van der Waals surface area contributed by atoms with Crippen LogP contribution in [0.2, 0.25) is 0 Å². The molecule has 1 atom stereocenters. The van der Waals surface area contributed by atoms with E-state index in [9.17, 15) is 4.79 Å². The van der Waals surface area contributed by atoms with Gasteiger partial charge in [-0.1, -0.05) is 32.9 Å². The number of thioether (sulfide) groups is 1. The Bertz CT molecular complexity index is 415. The first kappa shape index (κ1) is 14.3. The van der Waals surface area contributed by atoms with Crippen molar-refractivity contribution in [1.29, 1.82) is 0 Å². The van der Waals surface area contributed by atoms with Gasteiger partial charge in [-0.3, -0.25) is 4.79 Å². The van der Waals surface area contributed by atoms with Gasteiger partial charge < -0.3 is 0 Å². The molecule has 0 aliphatic rings. The van der Waals surface area contributed by atoms with Gasteiger partial charge in [0.2, 0.25) is 0 Å². The molecule has 17 heavy (non-hydrogen) atoms. The van der Waals surface area contributed by atoms with E-state index in [0.29, 0.717) is 0 Å². The maximum Gasteiger partial charge on any atom is 0.142 e. The molecule has 0 saturated heterocycles. The van der Waals surface area contributed by atoms with E-state index in [4.69, 9.17) is 0 Å². The summed E-state index contributed by atoms with van der Waals surface area (Å²) in [5, 5.41) is 0.0314. The van der Waals surface area contributed by atoms with E-state index < -0.39 is 0 Å². The molecule has 0 fully saturated rings. The highest BCUT2D eigenvalue weighted by Crippen LogP contribution is 2.31. The standard InChI is InChI=1S/C15H22OS/c1-10-7-8-13(15(4,5)6)9-14(10)17-12(3)11(2)16/h7-9,12H,1-6H3/t12-/m1/s1. The van der Waals surface area contributed by atoms with Crippen LogP contribution in [-0.2, 0) is 10.2 Å². The molecule has 0 N–H and O–H groups in total. The normalized spacial score (nSPS) is 13.5. The van der Waals surface area contributed by atoms with Crippen LogP contribution in [0, 0.1) is 6.92 Å². The van der Waals surface area contributed by atoms with Gasteiger partial charge in [-0.25, -0.2) is 0 Å². The molecule has 0 radical (unpaired) electrons. The average molecular weight is 250 g/mol. The number of benzene rings is 1. The average Bonchev–Trinajstić information content (AvgIpc) is 2.19. The van der Waals surface area contributed by atoms with Gasteiger partial charge in [0.05, 0.1) is 5.25 Å². The molecule has 0 heterocycles. The topological polar surface area (TPSA) is 17.1 Å². The fraction of sp³-hybridized carbons (Fsp3) is 0.533. The van der Waals surface area contributed by atoms with E-state index in [0.717, 1.165) is 0 Å². The molecule has 2 heteroatoms. The lowest BCUT2D eigenvalue weighted by atomic mass is 9.87. The number of hydrogen-bond donors (Lipinski definition) is 0. The predicted octanol–water partition coefficient (Wildman–Crippen LogP) is 4.36. The monoisotopic (exact) mass is 250 g/mol. The Morgan fingerprint density at radius 1 is 1.29 bits per heavy atom. The molecule has 0 saturated carbocycles. The Hall–Kier alpha value is -0.760. The molecule has 0 aliphatic carbocycles. The van der Waals surface area contributed by atoms with Crippen molar-refractivity contribution >= 4 is 17.5 Å². The third-order valence-corrected chi connectivity index (χ3v) is 4.31.